The molecule has 3 N–H and O–H groups in total. The Labute approximate surface area is 247 Å². The van der Waals surface area contributed by atoms with Crippen LogP contribution in [0.3, 0.4) is 0 Å². The molecular weight excluding hydrogens is 556 g/mol. The van der Waals surface area contributed by atoms with E-state index in [9.17, 15) is 9.90 Å². The molecule has 0 bridgehead atoms. The number of piperazine rings is 1. The average Bonchev–Trinajstić information content (AvgIpc) is 3.76. The Hall–Kier alpha value is -3.83. The molecule has 5 heterocycles. The SMILES string of the molecule is Cc1ccc2[nH]ncc2c1-c1cc2nc(NC3CCN(C4CC4)CC3)nc3c2c(c1Cl)OC[C@@H]1CN(C(=O)O)CCN31. The third kappa shape index (κ3) is 4.29. The minimum absolute atomic E-state index is 0.200. The van der Waals surface area contributed by atoms with Gasteiger partial charge in [0.2, 0.25) is 5.95 Å². The maximum absolute atomic E-state index is 11.8. The largest absolute Gasteiger partial charge is 0.489 e. The summed E-state index contributed by atoms with van der Waals surface area (Å²) in [5, 5.41) is 22.9. The lowest BCUT2D eigenvalue weighted by Crippen LogP contribution is -2.56. The number of nitrogens with zero attached hydrogens (tertiary/aromatic N) is 6. The van der Waals surface area contributed by atoms with Crippen molar-refractivity contribution in [1.29, 1.82) is 0 Å². The van der Waals surface area contributed by atoms with E-state index in [1.807, 2.05) is 18.3 Å². The van der Waals surface area contributed by atoms with Crippen molar-refractivity contribution in [3.63, 3.8) is 0 Å². The highest BCUT2D eigenvalue weighted by molar-refractivity contribution is 6.37. The number of H-pyrrole nitrogens is 1. The summed E-state index contributed by atoms with van der Waals surface area (Å²) in [7, 11) is 0. The normalized spacial score (nSPS) is 21.3. The number of ether oxygens (including phenoxy) is 1. The van der Waals surface area contributed by atoms with Crippen LogP contribution in [-0.4, -0.2) is 98.6 Å². The number of amides is 1. The number of carboxylic acid groups (broad SMARTS) is 1. The molecule has 1 amide bonds. The topological polar surface area (TPSA) is 123 Å². The van der Waals surface area contributed by atoms with Gasteiger partial charge in [0, 0.05) is 55.8 Å². The van der Waals surface area contributed by atoms with Crippen LogP contribution in [0.1, 0.15) is 31.2 Å². The lowest BCUT2D eigenvalue weighted by atomic mass is 9.95. The molecule has 1 saturated carbocycles. The number of hydrogen-bond donors (Lipinski definition) is 3. The Kier molecular flexibility index (Phi) is 6.08. The monoisotopic (exact) mass is 588 g/mol. The van der Waals surface area contributed by atoms with E-state index in [2.05, 4.69) is 38.3 Å². The Morgan fingerprint density at radius 3 is 2.74 bits per heavy atom. The predicted molar refractivity (Wildman–Crippen MR) is 162 cm³/mol. The highest BCUT2D eigenvalue weighted by Gasteiger charge is 2.37. The molecule has 12 heteroatoms. The summed E-state index contributed by atoms with van der Waals surface area (Å²) in [5.74, 6) is 1.87. The van der Waals surface area contributed by atoms with E-state index < -0.39 is 6.09 Å². The van der Waals surface area contributed by atoms with Gasteiger partial charge in [-0.3, -0.25) is 5.10 Å². The van der Waals surface area contributed by atoms with Gasteiger partial charge in [0.15, 0.2) is 5.75 Å². The van der Waals surface area contributed by atoms with Gasteiger partial charge in [0.25, 0.3) is 0 Å². The number of aromatic amines is 1. The standard InChI is InChI=1S/C30H33ClN8O3/c1-16-2-5-22-21(13-32-36-22)24(16)20-12-23-25-27(26(20)31)42-15-19-14-38(30(40)41)10-11-39(19)28(25)35-29(34-23)33-17-6-8-37(9-7-17)18-3-4-18/h2,5,12-13,17-19H,3-4,6-11,14-15H2,1H3,(H,32,36)(H,40,41)(H,33,34,35)/t19-/m0/s1. The van der Waals surface area contributed by atoms with Crippen LogP contribution in [0, 0.1) is 6.92 Å². The average molecular weight is 589 g/mol. The molecule has 1 aliphatic carbocycles. The van der Waals surface area contributed by atoms with Gasteiger partial charge < -0.3 is 29.9 Å². The first-order chi connectivity index (χ1) is 20.4. The van der Waals surface area contributed by atoms with Gasteiger partial charge in [-0.15, -0.1) is 0 Å². The maximum Gasteiger partial charge on any atom is 0.407 e. The summed E-state index contributed by atoms with van der Waals surface area (Å²) in [6.07, 6.45) is 5.65. The number of piperidine rings is 1. The fourth-order valence-corrected chi connectivity index (χ4v) is 7.25. The molecule has 11 nitrogen and oxygen atoms in total. The first-order valence-corrected chi connectivity index (χ1v) is 15.2. The van der Waals surface area contributed by atoms with E-state index in [4.69, 9.17) is 26.3 Å². The van der Waals surface area contributed by atoms with Crippen LogP contribution >= 0.6 is 11.6 Å². The first kappa shape index (κ1) is 25.8. The molecule has 218 valence electrons. The number of rotatable bonds is 4. The lowest BCUT2D eigenvalue weighted by molar-refractivity contribution is 0.127. The minimum Gasteiger partial charge on any atom is -0.489 e. The van der Waals surface area contributed by atoms with Crippen LogP contribution in [0.5, 0.6) is 5.75 Å². The van der Waals surface area contributed by atoms with Crippen molar-refractivity contribution in [2.24, 2.45) is 0 Å². The number of hydrogen-bond acceptors (Lipinski definition) is 8. The van der Waals surface area contributed by atoms with E-state index in [0.717, 1.165) is 76.3 Å². The Bertz CT molecular complexity index is 1710. The van der Waals surface area contributed by atoms with Gasteiger partial charge in [-0.1, -0.05) is 17.7 Å². The zero-order valence-corrected chi connectivity index (χ0v) is 24.2. The Morgan fingerprint density at radius 2 is 1.95 bits per heavy atom. The first-order valence-electron chi connectivity index (χ1n) is 14.8. The van der Waals surface area contributed by atoms with Crippen molar-refractivity contribution in [2.75, 3.05) is 49.5 Å². The summed E-state index contributed by atoms with van der Waals surface area (Å²) in [6, 6.07) is 6.99. The van der Waals surface area contributed by atoms with Crippen molar-refractivity contribution in [3.05, 3.63) is 35.0 Å². The molecule has 2 aromatic heterocycles. The summed E-state index contributed by atoms with van der Waals surface area (Å²) in [4.78, 5) is 28.2. The van der Waals surface area contributed by atoms with Crippen LogP contribution in [-0.2, 0) is 0 Å². The summed E-state index contributed by atoms with van der Waals surface area (Å²) < 4.78 is 6.45. The zero-order valence-electron chi connectivity index (χ0n) is 23.4. The van der Waals surface area contributed by atoms with E-state index in [1.54, 1.807) is 0 Å². The second kappa shape index (κ2) is 9.88. The zero-order chi connectivity index (χ0) is 28.5. The maximum atomic E-state index is 11.8. The van der Waals surface area contributed by atoms with Crippen molar-refractivity contribution < 1.29 is 14.6 Å². The van der Waals surface area contributed by atoms with Crippen molar-refractivity contribution in [1.82, 2.24) is 30.0 Å². The van der Waals surface area contributed by atoms with E-state index >= 15 is 0 Å². The molecule has 3 fully saturated rings. The van der Waals surface area contributed by atoms with Gasteiger partial charge >= 0.3 is 6.09 Å². The molecule has 0 spiro atoms. The molecule has 0 unspecified atom stereocenters. The van der Waals surface area contributed by atoms with Gasteiger partial charge in [-0.2, -0.15) is 10.1 Å². The van der Waals surface area contributed by atoms with Crippen molar-refractivity contribution in [3.8, 4) is 16.9 Å². The molecule has 3 aliphatic heterocycles. The number of nitrogens with one attached hydrogen (secondary N) is 2. The molecule has 4 aromatic rings. The fourth-order valence-electron chi connectivity index (χ4n) is 6.96. The second-order valence-electron chi connectivity index (χ2n) is 12.0. The number of halogens is 1. The third-order valence-corrected chi connectivity index (χ3v) is 9.71. The van der Waals surface area contributed by atoms with E-state index in [0.29, 0.717) is 42.4 Å². The van der Waals surface area contributed by atoms with Gasteiger partial charge in [-0.25, -0.2) is 9.78 Å². The van der Waals surface area contributed by atoms with Gasteiger partial charge in [-0.05, 0) is 55.9 Å². The van der Waals surface area contributed by atoms with Crippen LogP contribution in [0.25, 0.3) is 32.9 Å². The second-order valence-corrected chi connectivity index (χ2v) is 12.4. The summed E-state index contributed by atoms with van der Waals surface area (Å²) in [5.41, 5.74) is 4.54. The fraction of sp³-hybridized carbons (Fsp3) is 0.467. The van der Waals surface area contributed by atoms with Crippen molar-refractivity contribution >= 4 is 51.3 Å². The molecule has 8 rings (SSSR count). The Balaban J connectivity index is 1.26. The molecule has 42 heavy (non-hydrogen) atoms. The van der Waals surface area contributed by atoms with Gasteiger partial charge in [0.05, 0.1) is 33.7 Å². The molecule has 1 atom stereocenters. The van der Waals surface area contributed by atoms with Gasteiger partial charge in [0.1, 0.15) is 12.4 Å². The molecule has 4 aliphatic rings. The highest BCUT2D eigenvalue weighted by Crippen LogP contribution is 2.48. The molecule has 2 saturated heterocycles. The summed E-state index contributed by atoms with van der Waals surface area (Å²) >= 11 is 7.20. The molecule has 0 radical (unpaired) electrons. The quantitative estimate of drug-likeness (QED) is 0.310. The lowest BCUT2D eigenvalue weighted by Gasteiger charge is -2.39. The number of benzene rings is 2. The van der Waals surface area contributed by atoms with E-state index in [-0.39, 0.29) is 12.6 Å². The van der Waals surface area contributed by atoms with Crippen LogP contribution in [0.2, 0.25) is 5.02 Å². The van der Waals surface area contributed by atoms with Crippen molar-refractivity contribution in [2.45, 2.75) is 50.7 Å². The van der Waals surface area contributed by atoms with Crippen LogP contribution in [0.15, 0.2) is 24.4 Å². The Morgan fingerprint density at radius 1 is 1.12 bits per heavy atom. The summed E-state index contributed by atoms with van der Waals surface area (Å²) in [6.45, 7) is 5.76. The number of anilines is 2. The third-order valence-electron chi connectivity index (χ3n) is 9.34. The predicted octanol–water partition coefficient (Wildman–Crippen LogP) is 4.73. The number of likely N-dealkylation sites (tertiary alicyclic amines) is 1. The smallest absolute Gasteiger partial charge is 0.407 e. The van der Waals surface area contributed by atoms with E-state index in [1.165, 1.54) is 17.7 Å². The van der Waals surface area contributed by atoms with Crippen LogP contribution in [0.4, 0.5) is 16.6 Å². The molecule has 2 aromatic carbocycles. The number of aromatic nitrogens is 4. The highest BCUT2D eigenvalue weighted by atomic mass is 35.5. The number of fused-ring (bicyclic) bond motifs is 3. The number of carbonyl (C=O) groups is 1. The number of aryl methyl sites for hydroxylation is 1. The minimum atomic E-state index is -0.923. The molecular formula is C30H33ClN8O3. The van der Waals surface area contributed by atoms with Crippen LogP contribution < -0.4 is 15.0 Å².